The van der Waals surface area contributed by atoms with E-state index in [0.29, 0.717) is 23.0 Å². The van der Waals surface area contributed by atoms with Crippen LogP contribution in [0.3, 0.4) is 0 Å². The molecule has 0 atom stereocenters. The summed E-state index contributed by atoms with van der Waals surface area (Å²) in [7, 11) is 1.58. The Morgan fingerprint density at radius 3 is 2.39 bits per heavy atom. The second kappa shape index (κ2) is 10.6. The predicted molar refractivity (Wildman–Crippen MR) is 147 cm³/mol. The number of thioether (sulfide) groups is 1. The molecule has 0 N–H and O–H groups in total. The van der Waals surface area contributed by atoms with Crippen LogP contribution >= 0.6 is 27.7 Å². The summed E-state index contributed by atoms with van der Waals surface area (Å²) in [6.07, 6.45) is 1.71. The van der Waals surface area contributed by atoms with Crippen LogP contribution in [0.4, 0.5) is 4.79 Å². The quantitative estimate of drug-likeness (QED) is 0.220. The molecule has 0 aromatic heterocycles. The number of nitrogens with zero attached hydrogens (tertiary/aromatic N) is 1. The Bertz CT molecular complexity index is 1480. The molecular formula is C29H22BrNO4S. The maximum absolute atomic E-state index is 12.9. The molecular weight excluding hydrogens is 538 g/mol. The van der Waals surface area contributed by atoms with Gasteiger partial charge < -0.3 is 9.47 Å². The largest absolute Gasteiger partial charge is 0.493 e. The highest BCUT2D eigenvalue weighted by atomic mass is 79.9. The molecule has 1 saturated heterocycles. The Labute approximate surface area is 221 Å². The summed E-state index contributed by atoms with van der Waals surface area (Å²) in [5, 5.41) is 2.07. The number of benzene rings is 4. The van der Waals surface area contributed by atoms with Crippen molar-refractivity contribution in [2.75, 3.05) is 7.11 Å². The summed E-state index contributed by atoms with van der Waals surface area (Å²) in [5.41, 5.74) is 2.69. The fraction of sp³-hybridized carbons (Fsp3) is 0.103. The molecule has 7 heteroatoms. The van der Waals surface area contributed by atoms with Crippen LogP contribution in [0.25, 0.3) is 16.8 Å². The monoisotopic (exact) mass is 559 g/mol. The van der Waals surface area contributed by atoms with Gasteiger partial charge in [0, 0.05) is 4.47 Å². The zero-order valence-electron chi connectivity index (χ0n) is 19.4. The number of hydrogen-bond acceptors (Lipinski definition) is 5. The number of imide groups is 1. The predicted octanol–water partition coefficient (Wildman–Crippen LogP) is 7.43. The van der Waals surface area contributed by atoms with Crippen molar-refractivity contribution in [3.63, 3.8) is 0 Å². The van der Waals surface area contributed by atoms with Crippen LogP contribution in [0.15, 0.2) is 94.3 Å². The second-order valence-corrected chi connectivity index (χ2v) is 10.2. The van der Waals surface area contributed by atoms with Crippen molar-refractivity contribution in [2.24, 2.45) is 0 Å². The normalized spacial score (nSPS) is 14.6. The van der Waals surface area contributed by atoms with Gasteiger partial charge in [-0.15, -0.1) is 0 Å². The minimum atomic E-state index is -0.302. The summed E-state index contributed by atoms with van der Waals surface area (Å²) in [6.45, 7) is 0.635. The molecule has 1 aliphatic heterocycles. The molecule has 36 heavy (non-hydrogen) atoms. The average molecular weight is 560 g/mol. The third kappa shape index (κ3) is 5.32. The molecule has 5 rings (SSSR count). The van der Waals surface area contributed by atoms with Crippen molar-refractivity contribution in [2.45, 2.75) is 13.2 Å². The van der Waals surface area contributed by atoms with Gasteiger partial charge in [0.2, 0.25) is 0 Å². The number of amides is 2. The summed E-state index contributed by atoms with van der Waals surface area (Å²) in [6, 6.07) is 27.5. The van der Waals surface area contributed by atoms with Gasteiger partial charge in [0.15, 0.2) is 11.5 Å². The molecule has 1 heterocycles. The van der Waals surface area contributed by atoms with E-state index in [-0.39, 0.29) is 17.7 Å². The first-order chi connectivity index (χ1) is 17.5. The van der Waals surface area contributed by atoms with Crippen LogP contribution in [-0.2, 0) is 17.9 Å². The van der Waals surface area contributed by atoms with Gasteiger partial charge in [-0.1, -0.05) is 70.5 Å². The summed E-state index contributed by atoms with van der Waals surface area (Å²) in [4.78, 5) is 27.1. The molecule has 0 bridgehead atoms. The lowest BCUT2D eigenvalue weighted by molar-refractivity contribution is -0.123. The van der Waals surface area contributed by atoms with E-state index in [4.69, 9.17) is 9.47 Å². The number of halogens is 1. The lowest BCUT2D eigenvalue weighted by atomic mass is 10.1. The number of rotatable bonds is 7. The van der Waals surface area contributed by atoms with Crippen LogP contribution in [0, 0.1) is 0 Å². The Hall–Kier alpha value is -3.55. The molecule has 0 radical (unpaired) electrons. The Morgan fingerprint density at radius 1 is 0.861 bits per heavy atom. The first kappa shape index (κ1) is 24.2. The van der Waals surface area contributed by atoms with Crippen molar-refractivity contribution < 1.29 is 19.1 Å². The van der Waals surface area contributed by atoms with Gasteiger partial charge in [0.1, 0.15) is 6.61 Å². The number of carbonyl (C=O) groups is 2. The lowest BCUT2D eigenvalue weighted by Crippen LogP contribution is -2.27. The SMILES string of the molecule is COc1cc(/C=C2\SC(=O)N(Cc3ccc(Br)cc3)C2=O)ccc1OCc1ccc2ccccc2c1. The topological polar surface area (TPSA) is 55.8 Å². The van der Waals surface area contributed by atoms with E-state index in [2.05, 4.69) is 40.2 Å². The van der Waals surface area contributed by atoms with Crippen LogP contribution in [0.1, 0.15) is 16.7 Å². The fourth-order valence-corrected chi connectivity index (χ4v) is 5.05. The van der Waals surface area contributed by atoms with E-state index in [1.54, 1.807) is 19.3 Å². The zero-order chi connectivity index (χ0) is 25.1. The molecule has 4 aromatic carbocycles. The number of hydrogen-bond donors (Lipinski definition) is 0. The molecule has 0 unspecified atom stereocenters. The van der Waals surface area contributed by atoms with Crippen LogP contribution < -0.4 is 9.47 Å². The van der Waals surface area contributed by atoms with E-state index < -0.39 is 0 Å². The van der Waals surface area contributed by atoms with Crippen LogP contribution in [0.2, 0.25) is 0 Å². The molecule has 1 aliphatic rings. The van der Waals surface area contributed by atoms with Crippen molar-refractivity contribution in [1.82, 2.24) is 4.90 Å². The Morgan fingerprint density at radius 2 is 1.61 bits per heavy atom. The number of carbonyl (C=O) groups excluding carboxylic acids is 2. The number of methoxy groups -OCH3 is 1. The van der Waals surface area contributed by atoms with E-state index in [1.165, 1.54) is 10.3 Å². The van der Waals surface area contributed by atoms with Gasteiger partial charge >= 0.3 is 0 Å². The molecule has 2 amide bonds. The van der Waals surface area contributed by atoms with Gasteiger partial charge in [-0.3, -0.25) is 14.5 Å². The molecule has 180 valence electrons. The zero-order valence-corrected chi connectivity index (χ0v) is 21.8. The van der Waals surface area contributed by atoms with Gasteiger partial charge in [0.25, 0.3) is 11.1 Å². The number of fused-ring (bicyclic) bond motifs is 1. The van der Waals surface area contributed by atoms with Crippen molar-refractivity contribution in [1.29, 1.82) is 0 Å². The maximum atomic E-state index is 12.9. The highest BCUT2D eigenvalue weighted by molar-refractivity contribution is 9.10. The van der Waals surface area contributed by atoms with Crippen molar-refractivity contribution in [3.8, 4) is 11.5 Å². The third-order valence-corrected chi connectivity index (χ3v) is 7.26. The van der Waals surface area contributed by atoms with E-state index in [9.17, 15) is 9.59 Å². The molecule has 5 nitrogen and oxygen atoms in total. The smallest absolute Gasteiger partial charge is 0.293 e. The van der Waals surface area contributed by atoms with Crippen LogP contribution in [-0.4, -0.2) is 23.2 Å². The van der Waals surface area contributed by atoms with Crippen LogP contribution in [0.5, 0.6) is 11.5 Å². The molecule has 0 spiro atoms. The Kier molecular flexibility index (Phi) is 7.11. The van der Waals surface area contributed by atoms with Crippen molar-refractivity contribution in [3.05, 3.63) is 111 Å². The van der Waals surface area contributed by atoms with Gasteiger partial charge in [-0.25, -0.2) is 0 Å². The van der Waals surface area contributed by atoms with Gasteiger partial charge in [-0.05, 0) is 75.6 Å². The van der Waals surface area contributed by atoms with Gasteiger partial charge in [-0.2, -0.15) is 0 Å². The highest BCUT2D eigenvalue weighted by Gasteiger charge is 2.35. The van der Waals surface area contributed by atoms with E-state index in [1.807, 2.05) is 54.6 Å². The first-order valence-electron chi connectivity index (χ1n) is 11.3. The fourth-order valence-electron chi connectivity index (χ4n) is 3.94. The molecule has 1 fully saturated rings. The Balaban J connectivity index is 1.29. The van der Waals surface area contributed by atoms with E-state index in [0.717, 1.165) is 38.3 Å². The molecule has 4 aromatic rings. The maximum Gasteiger partial charge on any atom is 0.293 e. The third-order valence-electron chi connectivity index (χ3n) is 5.82. The summed E-state index contributed by atoms with van der Waals surface area (Å²) in [5.74, 6) is 0.855. The average Bonchev–Trinajstić information content (AvgIpc) is 3.16. The minimum Gasteiger partial charge on any atom is -0.493 e. The molecule has 0 aliphatic carbocycles. The standard InChI is InChI=1S/C29H22BrNO4S/c1-34-26-15-20(9-13-25(26)35-18-21-6-10-22-4-2-3-5-23(22)14-21)16-27-28(32)31(29(33)36-27)17-19-7-11-24(30)12-8-19/h2-16H,17-18H2,1H3/b27-16-. The summed E-state index contributed by atoms with van der Waals surface area (Å²) >= 11 is 4.34. The minimum absolute atomic E-state index is 0.236. The van der Waals surface area contributed by atoms with Gasteiger partial charge in [0.05, 0.1) is 18.6 Å². The lowest BCUT2D eigenvalue weighted by Gasteiger charge is -2.13. The van der Waals surface area contributed by atoms with E-state index >= 15 is 0 Å². The summed E-state index contributed by atoms with van der Waals surface area (Å²) < 4.78 is 12.5. The number of ether oxygens (including phenoxy) is 2. The molecule has 0 saturated carbocycles. The first-order valence-corrected chi connectivity index (χ1v) is 12.9. The highest BCUT2D eigenvalue weighted by Crippen LogP contribution is 2.35. The second-order valence-electron chi connectivity index (χ2n) is 8.27. The van der Waals surface area contributed by atoms with Crippen molar-refractivity contribution >= 4 is 55.7 Å².